The molecule has 0 aliphatic carbocycles. The molecule has 13 heavy (non-hydrogen) atoms. The van der Waals surface area contributed by atoms with Crippen LogP contribution in [0.4, 0.5) is 0 Å². The van der Waals surface area contributed by atoms with Crippen LogP contribution in [0.2, 0.25) is 0 Å². The van der Waals surface area contributed by atoms with E-state index in [-0.39, 0.29) is 5.78 Å². The fourth-order valence-corrected chi connectivity index (χ4v) is 1.69. The molecule has 0 spiro atoms. The van der Waals surface area contributed by atoms with Gasteiger partial charge < -0.3 is 0 Å². The smallest absolute Gasteiger partial charge is 0.160 e. The molecule has 1 unspecified atom stereocenters. The maximum Gasteiger partial charge on any atom is 0.160 e. The molecule has 0 amide bonds. The maximum absolute atomic E-state index is 11.2. The molecule has 1 aromatic rings. The Morgan fingerprint density at radius 1 is 1.46 bits per heavy atom. The van der Waals surface area contributed by atoms with Crippen molar-refractivity contribution in [2.45, 2.75) is 25.1 Å². The van der Waals surface area contributed by atoms with E-state index in [9.17, 15) is 4.79 Å². The highest BCUT2D eigenvalue weighted by Gasteiger charge is 2.07. The lowest BCUT2D eigenvalue weighted by atomic mass is 10.0. The third kappa shape index (κ3) is 2.96. The van der Waals surface area contributed by atoms with Gasteiger partial charge >= 0.3 is 0 Å². The zero-order chi connectivity index (χ0) is 9.84. The zero-order valence-electron chi connectivity index (χ0n) is 7.88. The maximum atomic E-state index is 11.2. The number of carbonyl (C=O) groups excluding carboxylic acids is 1. The molecular formula is C11H13BrO. The van der Waals surface area contributed by atoms with Crippen molar-refractivity contribution >= 4 is 21.7 Å². The molecule has 70 valence electrons. The molecule has 0 aromatic heterocycles. The molecule has 0 radical (unpaired) electrons. The third-order valence-corrected chi connectivity index (χ3v) is 2.22. The largest absolute Gasteiger partial charge is 0.295 e. The number of Topliss-reactive ketones (excluding diaryl/α,β-unsaturated/α-hetero) is 1. The van der Waals surface area contributed by atoms with Crippen molar-refractivity contribution < 1.29 is 4.79 Å². The molecule has 0 saturated carbocycles. The van der Waals surface area contributed by atoms with Crippen molar-refractivity contribution in [2.75, 3.05) is 0 Å². The summed E-state index contributed by atoms with van der Waals surface area (Å²) in [6, 6.07) is 7.76. The summed E-state index contributed by atoms with van der Waals surface area (Å²) in [6.07, 6.45) is 0.899. The summed E-state index contributed by atoms with van der Waals surface area (Å²) in [7, 11) is 0. The Morgan fingerprint density at radius 3 is 2.62 bits per heavy atom. The first-order valence-electron chi connectivity index (χ1n) is 4.34. The second-order valence-electron chi connectivity index (χ2n) is 3.20. The lowest BCUT2D eigenvalue weighted by Crippen LogP contribution is -2.03. The Labute approximate surface area is 87.3 Å². The Hall–Kier alpha value is -0.630. The van der Waals surface area contributed by atoms with Gasteiger partial charge in [0.15, 0.2) is 5.78 Å². The quantitative estimate of drug-likeness (QED) is 0.586. The molecule has 1 rings (SSSR count). The summed E-state index contributed by atoms with van der Waals surface area (Å²) in [5.74, 6) is 0.142. The molecule has 0 N–H and O–H groups in total. The van der Waals surface area contributed by atoms with Gasteiger partial charge in [-0.1, -0.05) is 47.1 Å². The first kappa shape index (κ1) is 10.5. The van der Waals surface area contributed by atoms with Gasteiger partial charge in [0.25, 0.3) is 0 Å². The Kier molecular flexibility index (Phi) is 3.67. The van der Waals surface area contributed by atoms with E-state index in [2.05, 4.69) is 22.9 Å². The second kappa shape index (κ2) is 4.56. The van der Waals surface area contributed by atoms with Gasteiger partial charge in [-0.3, -0.25) is 4.79 Å². The summed E-state index contributed by atoms with van der Waals surface area (Å²) >= 11 is 3.48. The van der Waals surface area contributed by atoms with Gasteiger partial charge in [0.1, 0.15) is 0 Å². The minimum atomic E-state index is 0.142. The Bertz CT molecular complexity index is 305. The van der Waals surface area contributed by atoms with Crippen LogP contribution in [0, 0.1) is 0 Å². The lowest BCUT2D eigenvalue weighted by Gasteiger charge is -2.07. The molecule has 0 aliphatic rings. The third-order valence-electron chi connectivity index (χ3n) is 1.90. The van der Waals surface area contributed by atoms with Crippen LogP contribution >= 0.6 is 15.9 Å². The molecule has 1 aromatic carbocycles. The second-order valence-corrected chi connectivity index (χ2v) is 4.76. The molecular weight excluding hydrogens is 228 g/mol. The fourth-order valence-electron chi connectivity index (χ4n) is 1.34. The van der Waals surface area contributed by atoms with E-state index < -0.39 is 0 Å². The molecule has 2 heteroatoms. The summed E-state index contributed by atoms with van der Waals surface area (Å²) in [4.78, 5) is 11.6. The number of alkyl halides is 1. The molecule has 0 heterocycles. The van der Waals surface area contributed by atoms with Crippen LogP contribution in [0.15, 0.2) is 24.3 Å². The van der Waals surface area contributed by atoms with Crippen molar-refractivity contribution in [2.24, 2.45) is 0 Å². The van der Waals surface area contributed by atoms with Crippen molar-refractivity contribution in [3.8, 4) is 0 Å². The van der Waals surface area contributed by atoms with E-state index in [4.69, 9.17) is 0 Å². The normalized spacial score (nSPS) is 12.5. The topological polar surface area (TPSA) is 17.1 Å². The summed E-state index contributed by atoms with van der Waals surface area (Å²) in [5.41, 5.74) is 1.97. The van der Waals surface area contributed by atoms with E-state index in [1.165, 1.54) is 0 Å². The number of rotatable bonds is 3. The number of carbonyl (C=O) groups is 1. The van der Waals surface area contributed by atoms with E-state index >= 15 is 0 Å². The predicted molar refractivity (Wildman–Crippen MR) is 58.5 cm³/mol. The molecule has 0 aliphatic heterocycles. The van der Waals surface area contributed by atoms with Crippen molar-refractivity contribution in [3.05, 3.63) is 35.4 Å². The standard InChI is InChI=1S/C11H13BrO/c1-8(12)7-10-5-3-4-6-11(10)9(2)13/h3-6,8H,7H2,1-2H3. The minimum Gasteiger partial charge on any atom is -0.295 e. The Balaban J connectivity index is 2.98. The van der Waals surface area contributed by atoms with Crippen LogP contribution in [0.5, 0.6) is 0 Å². The highest BCUT2D eigenvalue weighted by Crippen LogP contribution is 2.14. The van der Waals surface area contributed by atoms with Gasteiger partial charge in [-0.15, -0.1) is 0 Å². The first-order chi connectivity index (χ1) is 6.11. The highest BCUT2D eigenvalue weighted by atomic mass is 79.9. The van der Waals surface area contributed by atoms with Crippen LogP contribution < -0.4 is 0 Å². The van der Waals surface area contributed by atoms with Crippen LogP contribution in [0.3, 0.4) is 0 Å². The summed E-state index contributed by atoms with van der Waals surface area (Å²) in [6.45, 7) is 3.69. The van der Waals surface area contributed by atoms with Crippen molar-refractivity contribution in [3.63, 3.8) is 0 Å². The van der Waals surface area contributed by atoms with Gasteiger partial charge in [0, 0.05) is 10.4 Å². The molecule has 0 bridgehead atoms. The van der Waals surface area contributed by atoms with Gasteiger partial charge in [-0.05, 0) is 18.9 Å². The minimum absolute atomic E-state index is 0.142. The van der Waals surface area contributed by atoms with E-state index in [0.29, 0.717) is 4.83 Å². The molecule has 1 atom stereocenters. The number of ketones is 1. The Morgan fingerprint density at radius 2 is 2.08 bits per heavy atom. The number of hydrogen-bond acceptors (Lipinski definition) is 1. The highest BCUT2D eigenvalue weighted by molar-refractivity contribution is 9.09. The van der Waals surface area contributed by atoms with E-state index in [0.717, 1.165) is 17.5 Å². The number of benzene rings is 1. The van der Waals surface area contributed by atoms with Crippen LogP contribution in [0.1, 0.15) is 29.8 Å². The first-order valence-corrected chi connectivity index (χ1v) is 5.25. The van der Waals surface area contributed by atoms with Crippen molar-refractivity contribution in [1.82, 2.24) is 0 Å². The van der Waals surface area contributed by atoms with Crippen molar-refractivity contribution in [1.29, 1.82) is 0 Å². The predicted octanol–water partition coefficient (Wildman–Crippen LogP) is 3.22. The van der Waals surface area contributed by atoms with Gasteiger partial charge in [-0.2, -0.15) is 0 Å². The molecule has 0 saturated heterocycles. The SMILES string of the molecule is CC(=O)c1ccccc1CC(C)Br. The zero-order valence-corrected chi connectivity index (χ0v) is 9.47. The molecule has 1 nitrogen and oxygen atoms in total. The number of halogens is 1. The molecule has 0 fully saturated rings. The van der Waals surface area contributed by atoms with Crippen LogP contribution in [-0.2, 0) is 6.42 Å². The summed E-state index contributed by atoms with van der Waals surface area (Å²) < 4.78 is 0. The average molecular weight is 241 g/mol. The van der Waals surface area contributed by atoms with Gasteiger partial charge in [0.05, 0.1) is 0 Å². The van der Waals surface area contributed by atoms with Crippen LogP contribution in [0.25, 0.3) is 0 Å². The monoisotopic (exact) mass is 240 g/mol. The van der Waals surface area contributed by atoms with Gasteiger partial charge in [-0.25, -0.2) is 0 Å². The van der Waals surface area contributed by atoms with Crippen LogP contribution in [-0.4, -0.2) is 10.6 Å². The average Bonchev–Trinajstić information content (AvgIpc) is 2.03. The van der Waals surface area contributed by atoms with E-state index in [1.807, 2.05) is 24.3 Å². The number of hydrogen-bond donors (Lipinski definition) is 0. The summed E-state index contributed by atoms with van der Waals surface area (Å²) in [5, 5.41) is 0. The lowest BCUT2D eigenvalue weighted by molar-refractivity contribution is 0.101. The van der Waals surface area contributed by atoms with Gasteiger partial charge in [0.2, 0.25) is 0 Å². The van der Waals surface area contributed by atoms with E-state index in [1.54, 1.807) is 6.92 Å². The fraction of sp³-hybridized carbons (Fsp3) is 0.364.